The van der Waals surface area contributed by atoms with E-state index >= 15 is 0 Å². The van der Waals surface area contributed by atoms with E-state index in [9.17, 15) is 9.59 Å². The molecule has 0 unspecified atom stereocenters. The zero-order valence-electron chi connectivity index (χ0n) is 15.9. The predicted molar refractivity (Wildman–Crippen MR) is 97.4 cm³/mol. The molecule has 0 saturated carbocycles. The number of piperazine rings is 2. The van der Waals surface area contributed by atoms with Gasteiger partial charge in [-0.15, -0.1) is 0 Å². The summed E-state index contributed by atoms with van der Waals surface area (Å²) in [6.45, 7) is 13.8. The molecule has 144 valence electrons. The summed E-state index contributed by atoms with van der Waals surface area (Å²) in [5.41, 5.74) is 0. The van der Waals surface area contributed by atoms with Crippen LogP contribution in [0, 0.1) is 0 Å². The second-order valence-electron chi connectivity index (χ2n) is 6.78. The molecular formula is C18H34N4O3. The van der Waals surface area contributed by atoms with E-state index in [4.69, 9.17) is 4.74 Å². The molecule has 0 atom stereocenters. The first-order valence-electron chi connectivity index (χ1n) is 9.72. The average molecular weight is 354 g/mol. The van der Waals surface area contributed by atoms with Crippen LogP contribution < -0.4 is 0 Å². The molecule has 7 heteroatoms. The lowest BCUT2D eigenvalue weighted by Crippen LogP contribution is -2.54. The summed E-state index contributed by atoms with van der Waals surface area (Å²) < 4.78 is 5.38. The van der Waals surface area contributed by atoms with Gasteiger partial charge in [0.2, 0.25) is 11.8 Å². The third kappa shape index (κ3) is 6.56. The summed E-state index contributed by atoms with van der Waals surface area (Å²) in [5, 5.41) is 0. The van der Waals surface area contributed by atoms with Gasteiger partial charge in [0.15, 0.2) is 0 Å². The van der Waals surface area contributed by atoms with Gasteiger partial charge in [-0.1, -0.05) is 6.92 Å². The molecule has 2 aliphatic rings. The van der Waals surface area contributed by atoms with Crippen molar-refractivity contribution >= 4 is 11.8 Å². The van der Waals surface area contributed by atoms with E-state index in [-0.39, 0.29) is 11.8 Å². The molecule has 0 aromatic carbocycles. The van der Waals surface area contributed by atoms with Crippen LogP contribution in [0.4, 0.5) is 0 Å². The molecule has 0 radical (unpaired) electrons. The molecule has 0 aromatic rings. The van der Waals surface area contributed by atoms with Crippen LogP contribution >= 0.6 is 0 Å². The van der Waals surface area contributed by atoms with E-state index in [0.29, 0.717) is 39.1 Å². The second-order valence-corrected chi connectivity index (χ2v) is 6.78. The number of hydrogen-bond donors (Lipinski definition) is 0. The highest BCUT2D eigenvalue weighted by Crippen LogP contribution is 2.07. The average Bonchev–Trinajstić information content (AvgIpc) is 2.66. The van der Waals surface area contributed by atoms with Crippen molar-refractivity contribution in [2.45, 2.75) is 26.7 Å². The number of rotatable bonds is 8. The number of amides is 2. The molecule has 0 aliphatic carbocycles. The minimum atomic E-state index is 0.188. The molecule has 2 heterocycles. The Labute approximate surface area is 151 Å². The van der Waals surface area contributed by atoms with Gasteiger partial charge in [0, 0.05) is 78.5 Å². The quantitative estimate of drug-likeness (QED) is 0.579. The Morgan fingerprint density at radius 1 is 0.800 bits per heavy atom. The van der Waals surface area contributed by atoms with E-state index in [1.807, 2.05) is 23.6 Å². The predicted octanol–water partition coefficient (Wildman–Crippen LogP) is 0.111. The number of hydrogen-bond acceptors (Lipinski definition) is 5. The Morgan fingerprint density at radius 2 is 1.36 bits per heavy atom. The molecule has 2 aliphatic heterocycles. The van der Waals surface area contributed by atoms with Crippen molar-refractivity contribution in [3.05, 3.63) is 0 Å². The lowest BCUT2D eigenvalue weighted by Gasteiger charge is -2.38. The summed E-state index contributed by atoms with van der Waals surface area (Å²) in [6.07, 6.45) is 1.62. The van der Waals surface area contributed by atoms with Crippen molar-refractivity contribution in [1.82, 2.24) is 19.6 Å². The highest BCUT2D eigenvalue weighted by atomic mass is 16.5. The van der Waals surface area contributed by atoms with E-state index in [2.05, 4.69) is 9.80 Å². The zero-order valence-corrected chi connectivity index (χ0v) is 15.9. The normalized spacial score (nSPS) is 20.1. The van der Waals surface area contributed by atoms with Crippen LogP contribution in [0.1, 0.15) is 26.7 Å². The fourth-order valence-electron chi connectivity index (χ4n) is 3.43. The summed E-state index contributed by atoms with van der Waals surface area (Å²) in [7, 11) is 0. The van der Waals surface area contributed by atoms with Crippen molar-refractivity contribution in [1.29, 1.82) is 0 Å². The molecule has 2 saturated heterocycles. The number of carbonyl (C=O) groups is 2. The molecule has 25 heavy (non-hydrogen) atoms. The van der Waals surface area contributed by atoms with Gasteiger partial charge in [0.25, 0.3) is 0 Å². The minimum absolute atomic E-state index is 0.188. The molecule has 7 nitrogen and oxygen atoms in total. The lowest BCUT2D eigenvalue weighted by atomic mass is 10.2. The van der Waals surface area contributed by atoms with Gasteiger partial charge in [0.1, 0.15) is 0 Å². The van der Waals surface area contributed by atoms with Crippen LogP contribution in [0.5, 0.6) is 0 Å². The van der Waals surface area contributed by atoms with Gasteiger partial charge in [-0.2, -0.15) is 0 Å². The maximum absolute atomic E-state index is 12.5. The van der Waals surface area contributed by atoms with Crippen molar-refractivity contribution in [3.63, 3.8) is 0 Å². The molecule has 2 rings (SSSR count). The topological polar surface area (TPSA) is 56.3 Å². The van der Waals surface area contributed by atoms with Crippen molar-refractivity contribution in [3.8, 4) is 0 Å². The molecule has 0 bridgehead atoms. The summed E-state index contributed by atoms with van der Waals surface area (Å²) in [6, 6.07) is 0. The van der Waals surface area contributed by atoms with Crippen LogP contribution in [0.2, 0.25) is 0 Å². The first kappa shape index (κ1) is 20.1. The second kappa shape index (κ2) is 10.7. The standard InChI is InChI=1S/C18H34N4O3/c1-3-17(23)21-11-13-22(14-12-21)18(24)16-20-9-7-19(8-10-20)6-5-15-25-4-2/h3-16H2,1-2H3. The molecular weight excluding hydrogens is 320 g/mol. The fraction of sp³-hybridized carbons (Fsp3) is 0.889. The van der Waals surface area contributed by atoms with Crippen LogP contribution in [0.3, 0.4) is 0 Å². The lowest BCUT2D eigenvalue weighted by molar-refractivity contribution is -0.140. The smallest absolute Gasteiger partial charge is 0.236 e. The van der Waals surface area contributed by atoms with Crippen LogP contribution in [-0.4, -0.2) is 110 Å². The molecule has 0 spiro atoms. The maximum atomic E-state index is 12.5. The highest BCUT2D eigenvalue weighted by Gasteiger charge is 2.25. The Balaban J connectivity index is 1.62. The summed E-state index contributed by atoms with van der Waals surface area (Å²) in [4.78, 5) is 32.7. The van der Waals surface area contributed by atoms with Gasteiger partial charge in [-0.05, 0) is 13.3 Å². The SMILES string of the molecule is CCOCCCN1CCN(CC(=O)N2CCN(C(=O)CC)CC2)CC1. The monoisotopic (exact) mass is 354 g/mol. The van der Waals surface area contributed by atoms with Gasteiger partial charge in [0.05, 0.1) is 6.54 Å². The van der Waals surface area contributed by atoms with Gasteiger partial charge >= 0.3 is 0 Å². The molecule has 0 N–H and O–H groups in total. The Hall–Kier alpha value is -1.18. The van der Waals surface area contributed by atoms with Crippen LogP contribution in [0.25, 0.3) is 0 Å². The number of nitrogens with zero attached hydrogens (tertiary/aromatic N) is 4. The van der Waals surface area contributed by atoms with Gasteiger partial charge in [-0.3, -0.25) is 14.5 Å². The van der Waals surface area contributed by atoms with Crippen LogP contribution in [-0.2, 0) is 14.3 Å². The third-order valence-corrected chi connectivity index (χ3v) is 5.08. The summed E-state index contributed by atoms with van der Waals surface area (Å²) >= 11 is 0. The summed E-state index contributed by atoms with van der Waals surface area (Å²) in [5.74, 6) is 0.390. The maximum Gasteiger partial charge on any atom is 0.236 e. The number of carbonyl (C=O) groups excluding carboxylic acids is 2. The van der Waals surface area contributed by atoms with Crippen LogP contribution in [0.15, 0.2) is 0 Å². The number of ether oxygens (including phenoxy) is 1. The highest BCUT2D eigenvalue weighted by molar-refractivity contribution is 5.79. The first-order chi connectivity index (χ1) is 12.1. The molecule has 2 fully saturated rings. The van der Waals surface area contributed by atoms with E-state index in [1.54, 1.807) is 0 Å². The van der Waals surface area contributed by atoms with Gasteiger partial charge in [-0.25, -0.2) is 0 Å². The first-order valence-corrected chi connectivity index (χ1v) is 9.72. The van der Waals surface area contributed by atoms with Crippen molar-refractivity contribution in [2.24, 2.45) is 0 Å². The van der Waals surface area contributed by atoms with Gasteiger partial charge < -0.3 is 19.4 Å². The molecule has 2 amide bonds. The van der Waals surface area contributed by atoms with E-state index < -0.39 is 0 Å². The zero-order chi connectivity index (χ0) is 18.1. The fourth-order valence-corrected chi connectivity index (χ4v) is 3.43. The van der Waals surface area contributed by atoms with E-state index in [1.165, 1.54) is 0 Å². The third-order valence-electron chi connectivity index (χ3n) is 5.08. The minimum Gasteiger partial charge on any atom is -0.382 e. The van der Waals surface area contributed by atoms with E-state index in [0.717, 1.165) is 52.4 Å². The van der Waals surface area contributed by atoms with Crippen molar-refractivity contribution in [2.75, 3.05) is 78.7 Å². The molecule has 0 aromatic heterocycles. The Morgan fingerprint density at radius 3 is 1.92 bits per heavy atom. The van der Waals surface area contributed by atoms with Crippen molar-refractivity contribution < 1.29 is 14.3 Å². The Kier molecular flexibility index (Phi) is 8.64. The largest absolute Gasteiger partial charge is 0.382 e. The Bertz CT molecular complexity index is 417.